The van der Waals surface area contributed by atoms with Crippen LogP contribution in [0.3, 0.4) is 0 Å². The van der Waals surface area contributed by atoms with Crippen molar-refractivity contribution in [3.05, 3.63) is 27.7 Å². The lowest BCUT2D eigenvalue weighted by Crippen LogP contribution is -2.15. The van der Waals surface area contributed by atoms with Gasteiger partial charge in [0.1, 0.15) is 5.75 Å². The summed E-state index contributed by atoms with van der Waals surface area (Å²) in [7, 11) is 1.54. The molecule has 96 valence electrons. The van der Waals surface area contributed by atoms with Crippen molar-refractivity contribution in [3.63, 3.8) is 0 Å². The maximum absolute atomic E-state index is 9.44. The normalized spacial score (nSPS) is 14.5. The summed E-state index contributed by atoms with van der Waals surface area (Å²) in [5, 5.41) is 19.2. The fraction of sp³-hybridized carbons (Fsp3) is 0.500. The summed E-state index contributed by atoms with van der Waals surface area (Å²) < 4.78 is 5.23. The number of aliphatic hydroxyl groups excluding tert-OH is 2. The van der Waals surface area contributed by atoms with E-state index in [0.29, 0.717) is 22.2 Å². The number of hydrogen-bond acceptors (Lipinski definition) is 3. The average Bonchev–Trinajstić information content (AvgIpc) is 2.27. The molecular weight excluding hydrogens is 263 g/mol. The van der Waals surface area contributed by atoms with E-state index in [4.69, 9.17) is 33.0 Å². The third kappa shape index (κ3) is 3.75. The van der Waals surface area contributed by atoms with E-state index in [-0.39, 0.29) is 12.5 Å². The molecule has 0 radical (unpaired) electrons. The number of methoxy groups -OCH3 is 1. The van der Waals surface area contributed by atoms with Crippen molar-refractivity contribution in [2.45, 2.75) is 25.4 Å². The van der Waals surface area contributed by atoms with E-state index in [1.807, 2.05) is 6.92 Å². The van der Waals surface area contributed by atoms with Gasteiger partial charge in [0.2, 0.25) is 0 Å². The van der Waals surface area contributed by atoms with Crippen LogP contribution in [0.25, 0.3) is 0 Å². The van der Waals surface area contributed by atoms with Crippen LogP contribution in [0.15, 0.2) is 12.1 Å². The molecule has 1 rings (SSSR count). The molecule has 1 aromatic rings. The van der Waals surface area contributed by atoms with Crippen molar-refractivity contribution in [3.8, 4) is 5.75 Å². The van der Waals surface area contributed by atoms with E-state index < -0.39 is 6.10 Å². The molecule has 3 nitrogen and oxygen atoms in total. The zero-order valence-corrected chi connectivity index (χ0v) is 11.3. The number of hydrogen-bond donors (Lipinski definition) is 2. The zero-order valence-electron chi connectivity index (χ0n) is 9.78. The van der Waals surface area contributed by atoms with Gasteiger partial charge in [0, 0.05) is 10.6 Å². The predicted octanol–water partition coefficient (Wildman–Crippen LogP) is 2.85. The number of ether oxygens (including phenoxy) is 1. The number of halogens is 2. The van der Waals surface area contributed by atoms with E-state index in [1.165, 1.54) is 7.11 Å². The molecule has 2 N–H and O–H groups in total. The molecule has 0 amide bonds. The Bertz CT molecular complexity index is 382. The van der Waals surface area contributed by atoms with E-state index in [0.717, 1.165) is 5.56 Å². The van der Waals surface area contributed by atoms with E-state index in [9.17, 15) is 5.11 Å². The van der Waals surface area contributed by atoms with Crippen LogP contribution in [0.1, 0.15) is 24.8 Å². The summed E-state index contributed by atoms with van der Waals surface area (Å²) >= 11 is 12.0. The zero-order chi connectivity index (χ0) is 13.0. The summed E-state index contributed by atoms with van der Waals surface area (Å²) in [4.78, 5) is 0. The van der Waals surface area contributed by atoms with Crippen molar-refractivity contribution in [2.75, 3.05) is 13.7 Å². The fourth-order valence-corrected chi connectivity index (χ4v) is 2.36. The fourth-order valence-electron chi connectivity index (χ4n) is 1.77. The Morgan fingerprint density at radius 2 is 2.00 bits per heavy atom. The SMILES string of the molecule is COc1c(Cl)cc(Cl)cc1C(C)CC(O)CO. The van der Waals surface area contributed by atoms with Crippen LogP contribution in [0.5, 0.6) is 5.75 Å². The van der Waals surface area contributed by atoms with Crippen molar-refractivity contribution >= 4 is 23.2 Å². The summed E-state index contributed by atoms with van der Waals surface area (Å²) in [5.74, 6) is 0.553. The molecular formula is C12H16Cl2O3. The smallest absolute Gasteiger partial charge is 0.141 e. The molecule has 2 unspecified atom stereocenters. The molecule has 0 bridgehead atoms. The first-order valence-corrected chi connectivity index (χ1v) is 6.07. The molecule has 17 heavy (non-hydrogen) atoms. The van der Waals surface area contributed by atoms with Gasteiger partial charge in [0.05, 0.1) is 24.8 Å². The van der Waals surface area contributed by atoms with Crippen LogP contribution < -0.4 is 4.74 Å². The molecule has 2 atom stereocenters. The molecule has 0 fully saturated rings. The minimum Gasteiger partial charge on any atom is -0.495 e. The molecule has 5 heteroatoms. The highest BCUT2D eigenvalue weighted by atomic mass is 35.5. The molecule has 0 aliphatic heterocycles. The topological polar surface area (TPSA) is 49.7 Å². The van der Waals surface area contributed by atoms with Gasteiger partial charge in [-0.3, -0.25) is 0 Å². The maximum atomic E-state index is 9.44. The molecule has 0 aliphatic rings. The molecule has 0 saturated carbocycles. The van der Waals surface area contributed by atoms with Gasteiger partial charge in [-0.05, 0) is 24.5 Å². The maximum Gasteiger partial charge on any atom is 0.141 e. The molecule has 0 aliphatic carbocycles. The number of aliphatic hydroxyl groups is 2. The Morgan fingerprint density at radius 3 is 2.53 bits per heavy atom. The summed E-state index contributed by atoms with van der Waals surface area (Å²) in [6.45, 7) is 1.66. The highest BCUT2D eigenvalue weighted by Gasteiger charge is 2.18. The van der Waals surface area contributed by atoms with Gasteiger partial charge in [-0.1, -0.05) is 30.1 Å². The standard InChI is InChI=1S/C12H16Cl2O3/c1-7(3-9(16)6-15)10-4-8(13)5-11(14)12(10)17-2/h4-5,7,9,15-16H,3,6H2,1-2H3. The Labute approximate surface area is 111 Å². The van der Waals surface area contributed by atoms with Crippen LogP contribution in [-0.2, 0) is 0 Å². The van der Waals surface area contributed by atoms with Gasteiger partial charge in [0.25, 0.3) is 0 Å². The molecule has 0 aromatic heterocycles. The van der Waals surface area contributed by atoms with Crippen LogP contribution in [0.4, 0.5) is 0 Å². The second-order valence-electron chi connectivity index (χ2n) is 3.98. The van der Waals surface area contributed by atoms with E-state index >= 15 is 0 Å². The third-order valence-electron chi connectivity index (χ3n) is 2.61. The Kier molecular flexibility index (Phi) is 5.53. The van der Waals surface area contributed by atoms with Gasteiger partial charge in [-0.25, -0.2) is 0 Å². The van der Waals surface area contributed by atoms with Gasteiger partial charge in [-0.2, -0.15) is 0 Å². The van der Waals surface area contributed by atoms with E-state index in [2.05, 4.69) is 0 Å². The Morgan fingerprint density at radius 1 is 1.35 bits per heavy atom. The van der Waals surface area contributed by atoms with Crippen molar-refractivity contribution < 1.29 is 14.9 Å². The minimum atomic E-state index is -0.757. The second-order valence-corrected chi connectivity index (χ2v) is 4.83. The largest absolute Gasteiger partial charge is 0.495 e. The second kappa shape index (κ2) is 6.45. The van der Waals surface area contributed by atoms with Crippen molar-refractivity contribution in [2.24, 2.45) is 0 Å². The third-order valence-corrected chi connectivity index (χ3v) is 3.11. The quantitative estimate of drug-likeness (QED) is 0.871. The lowest BCUT2D eigenvalue weighted by atomic mass is 9.94. The highest BCUT2D eigenvalue weighted by Crippen LogP contribution is 2.37. The molecule has 0 heterocycles. The lowest BCUT2D eigenvalue weighted by Gasteiger charge is -2.19. The van der Waals surface area contributed by atoms with Crippen molar-refractivity contribution in [1.29, 1.82) is 0 Å². The molecule has 1 aromatic carbocycles. The Hall–Kier alpha value is -0.480. The van der Waals surface area contributed by atoms with Gasteiger partial charge >= 0.3 is 0 Å². The first kappa shape index (κ1) is 14.6. The van der Waals surface area contributed by atoms with Crippen LogP contribution in [0, 0.1) is 0 Å². The minimum absolute atomic E-state index is 0.0108. The average molecular weight is 279 g/mol. The molecule has 0 spiro atoms. The summed E-state index contributed by atoms with van der Waals surface area (Å²) in [6, 6.07) is 3.38. The molecule has 0 saturated heterocycles. The monoisotopic (exact) mass is 278 g/mol. The summed E-state index contributed by atoms with van der Waals surface area (Å²) in [6.07, 6.45) is -0.337. The first-order chi connectivity index (χ1) is 7.99. The first-order valence-electron chi connectivity index (χ1n) is 5.31. The van der Waals surface area contributed by atoms with Crippen LogP contribution >= 0.6 is 23.2 Å². The number of rotatable bonds is 5. The van der Waals surface area contributed by atoms with Gasteiger partial charge in [-0.15, -0.1) is 0 Å². The van der Waals surface area contributed by atoms with E-state index in [1.54, 1.807) is 12.1 Å². The lowest BCUT2D eigenvalue weighted by molar-refractivity contribution is 0.0833. The Balaban J connectivity index is 3.02. The highest BCUT2D eigenvalue weighted by molar-refractivity contribution is 6.35. The van der Waals surface area contributed by atoms with Crippen LogP contribution in [0.2, 0.25) is 10.0 Å². The number of benzene rings is 1. The summed E-state index contributed by atoms with van der Waals surface area (Å²) in [5.41, 5.74) is 0.831. The van der Waals surface area contributed by atoms with Gasteiger partial charge < -0.3 is 14.9 Å². The predicted molar refractivity (Wildman–Crippen MR) is 69.1 cm³/mol. The van der Waals surface area contributed by atoms with Crippen molar-refractivity contribution in [1.82, 2.24) is 0 Å². The van der Waals surface area contributed by atoms with Gasteiger partial charge in [0.15, 0.2) is 0 Å². The van der Waals surface area contributed by atoms with Crippen LogP contribution in [-0.4, -0.2) is 30.0 Å².